The molecule has 2 aromatic rings. The van der Waals surface area contributed by atoms with Crippen molar-refractivity contribution in [1.82, 2.24) is 14.3 Å². The summed E-state index contributed by atoms with van der Waals surface area (Å²) in [6, 6.07) is 5.83. The molecule has 20 heavy (non-hydrogen) atoms. The molecule has 1 amide bonds. The number of carbonyl (C=O) groups is 1. The lowest BCUT2D eigenvalue weighted by atomic mass is 10.2. The van der Waals surface area contributed by atoms with Crippen molar-refractivity contribution in [3.8, 4) is 0 Å². The first-order valence-electron chi connectivity index (χ1n) is 6.97. The summed E-state index contributed by atoms with van der Waals surface area (Å²) in [6.07, 6.45) is 4.41. The summed E-state index contributed by atoms with van der Waals surface area (Å²) < 4.78 is 7.59. The second-order valence-corrected chi connectivity index (χ2v) is 5.43. The maximum atomic E-state index is 12.4. The highest BCUT2D eigenvalue weighted by atomic mass is 16.5. The Morgan fingerprint density at radius 1 is 1.35 bits per heavy atom. The molecule has 3 rings (SSSR count). The number of morpholine rings is 1. The Morgan fingerprint density at radius 2 is 2.10 bits per heavy atom. The van der Waals surface area contributed by atoms with Gasteiger partial charge in [0.15, 0.2) is 0 Å². The third-order valence-electron chi connectivity index (χ3n) is 3.52. The summed E-state index contributed by atoms with van der Waals surface area (Å²) in [6.45, 7) is 5.33. The third kappa shape index (κ3) is 2.67. The van der Waals surface area contributed by atoms with Crippen molar-refractivity contribution in [3.05, 3.63) is 36.3 Å². The zero-order valence-electron chi connectivity index (χ0n) is 11.8. The molecule has 3 heterocycles. The smallest absolute Gasteiger partial charge is 0.228 e. The zero-order valence-corrected chi connectivity index (χ0v) is 11.8. The molecule has 1 aliphatic heterocycles. The molecule has 5 heteroatoms. The Morgan fingerprint density at radius 3 is 2.80 bits per heavy atom. The van der Waals surface area contributed by atoms with Gasteiger partial charge in [0.1, 0.15) is 5.65 Å². The van der Waals surface area contributed by atoms with Gasteiger partial charge in [-0.2, -0.15) is 0 Å². The number of ether oxygens (including phenoxy) is 1. The first-order chi connectivity index (χ1) is 9.61. The zero-order chi connectivity index (χ0) is 14.1. The van der Waals surface area contributed by atoms with Crippen LogP contribution in [0.25, 0.3) is 5.65 Å². The third-order valence-corrected chi connectivity index (χ3v) is 3.52. The molecule has 1 saturated heterocycles. The summed E-state index contributed by atoms with van der Waals surface area (Å²) in [5.74, 6) is 0.121. The molecule has 0 bridgehead atoms. The van der Waals surface area contributed by atoms with Gasteiger partial charge in [0.05, 0.1) is 24.3 Å². The first kappa shape index (κ1) is 13.1. The van der Waals surface area contributed by atoms with Gasteiger partial charge in [0.25, 0.3) is 0 Å². The van der Waals surface area contributed by atoms with E-state index in [1.165, 1.54) is 0 Å². The Balaban J connectivity index is 1.72. The van der Waals surface area contributed by atoms with Crippen molar-refractivity contribution in [2.45, 2.75) is 32.5 Å². The summed E-state index contributed by atoms with van der Waals surface area (Å²) in [4.78, 5) is 18.7. The molecular formula is C15H19N3O2. The number of rotatable bonds is 2. The first-order valence-corrected chi connectivity index (χ1v) is 6.97. The van der Waals surface area contributed by atoms with E-state index in [1.807, 2.05) is 53.7 Å². The van der Waals surface area contributed by atoms with Crippen molar-refractivity contribution in [2.75, 3.05) is 13.1 Å². The van der Waals surface area contributed by atoms with Gasteiger partial charge >= 0.3 is 0 Å². The van der Waals surface area contributed by atoms with E-state index in [-0.39, 0.29) is 18.1 Å². The van der Waals surface area contributed by atoms with Gasteiger partial charge in [0, 0.05) is 25.5 Å². The van der Waals surface area contributed by atoms with Crippen LogP contribution in [0.5, 0.6) is 0 Å². The number of pyridine rings is 1. The van der Waals surface area contributed by atoms with Crippen LogP contribution in [-0.2, 0) is 16.0 Å². The summed E-state index contributed by atoms with van der Waals surface area (Å²) >= 11 is 0. The molecule has 5 nitrogen and oxygen atoms in total. The van der Waals surface area contributed by atoms with Crippen molar-refractivity contribution < 1.29 is 9.53 Å². The lowest BCUT2D eigenvalue weighted by Gasteiger charge is -2.35. The number of aromatic nitrogens is 2. The van der Waals surface area contributed by atoms with E-state index in [9.17, 15) is 4.79 Å². The van der Waals surface area contributed by atoms with Gasteiger partial charge in [-0.1, -0.05) is 6.07 Å². The minimum atomic E-state index is 0.101. The van der Waals surface area contributed by atoms with Gasteiger partial charge in [-0.15, -0.1) is 0 Å². The Kier molecular flexibility index (Phi) is 3.44. The highest BCUT2D eigenvalue weighted by Gasteiger charge is 2.26. The summed E-state index contributed by atoms with van der Waals surface area (Å²) in [7, 11) is 0. The average molecular weight is 273 g/mol. The van der Waals surface area contributed by atoms with Gasteiger partial charge in [-0.05, 0) is 26.0 Å². The topological polar surface area (TPSA) is 46.8 Å². The van der Waals surface area contributed by atoms with E-state index in [0.717, 1.165) is 11.3 Å². The van der Waals surface area contributed by atoms with E-state index in [2.05, 4.69) is 4.98 Å². The molecule has 2 atom stereocenters. The summed E-state index contributed by atoms with van der Waals surface area (Å²) in [5, 5.41) is 0. The molecular weight excluding hydrogens is 254 g/mol. The molecule has 106 valence electrons. The van der Waals surface area contributed by atoms with E-state index in [1.54, 1.807) is 0 Å². The van der Waals surface area contributed by atoms with Crippen LogP contribution < -0.4 is 0 Å². The predicted octanol–water partition coefficient (Wildman–Crippen LogP) is 1.51. The van der Waals surface area contributed by atoms with E-state index >= 15 is 0 Å². The number of fused-ring (bicyclic) bond motifs is 1. The fourth-order valence-electron chi connectivity index (χ4n) is 2.72. The maximum absolute atomic E-state index is 12.4. The van der Waals surface area contributed by atoms with Gasteiger partial charge in [-0.3, -0.25) is 4.79 Å². The van der Waals surface area contributed by atoms with Gasteiger partial charge < -0.3 is 14.0 Å². The van der Waals surface area contributed by atoms with E-state index in [4.69, 9.17) is 4.74 Å². The van der Waals surface area contributed by atoms with E-state index < -0.39 is 0 Å². The number of hydrogen-bond acceptors (Lipinski definition) is 3. The fourth-order valence-corrected chi connectivity index (χ4v) is 2.72. The fraction of sp³-hybridized carbons (Fsp3) is 0.467. The molecule has 0 aromatic carbocycles. The van der Waals surface area contributed by atoms with Crippen LogP contribution >= 0.6 is 0 Å². The minimum Gasteiger partial charge on any atom is -0.372 e. The molecule has 0 saturated carbocycles. The minimum absolute atomic E-state index is 0.101. The molecule has 1 aliphatic rings. The Bertz CT molecular complexity index is 579. The van der Waals surface area contributed by atoms with Crippen LogP contribution in [0.2, 0.25) is 0 Å². The molecule has 0 spiro atoms. The predicted molar refractivity (Wildman–Crippen MR) is 75.5 cm³/mol. The summed E-state index contributed by atoms with van der Waals surface area (Å²) in [5.41, 5.74) is 1.69. The average Bonchev–Trinajstić information content (AvgIpc) is 2.79. The molecule has 0 radical (unpaired) electrons. The second-order valence-electron chi connectivity index (χ2n) is 5.43. The SMILES string of the molecule is CC1CN(C(=O)Cc2cn3ccccc3n2)CC(C)O1. The molecule has 0 N–H and O–H groups in total. The number of nitrogens with zero attached hydrogens (tertiary/aromatic N) is 3. The van der Waals surface area contributed by atoms with Gasteiger partial charge in [-0.25, -0.2) is 4.98 Å². The van der Waals surface area contributed by atoms with Crippen molar-refractivity contribution in [3.63, 3.8) is 0 Å². The van der Waals surface area contributed by atoms with E-state index in [0.29, 0.717) is 19.5 Å². The quantitative estimate of drug-likeness (QED) is 0.833. The van der Waals surface area contributed by atoms with Crippen molar-refractivity contribution in [1.29, 1.82) is 0 Å². The number of hydrogen-bond donors (Lipinski definition) is 0. The monoisotopic (exact) mass is 273 g/mol. The van der Waals surface area contributed by atoms with Crippen LogP contribution in [0.4, 0.5) is 0 Å². The largest absolute Gasteiger partial charge is 0.372 e. The van der Waals surface area contributed by atoms with Crippen molar-refractivity contribution >= 4 is 11.6 Å². The second kappa shape index (κ2) is 5.25. The molecule has 2 aromatic heterocycles. The number of amides is 1. The highest BCUT2D eigenvalue weighted by molar-refractivity contribution is 5.78. The van der Waals surface area contributed by atoms with Crippen LogP contribution in [0.1, 0.15) is 19.5 Å². The molecule has 0 aliphatic carbocycles. The molecule has 2 unspecified atom stereocenters. The number of imidazole rings is 1. The van der Waals surface area contributed by atoms with Crippen LogP contribution in [0, 0.1) is 0 Å². The lowest BCUT2D eigenvalue weighted by Crippen LogP contribution is -2.48. The van der Waals surface area contributed by atoms with Crippen molar-refractivity contribution in [2.24, 2.45) is 0 Å². The molecule has 1 fully saturated rings. The van der Waals surface area contributed by atoms with Gasteiger partial charge in [0.2, 0.25) is 5.91 Å². The Labute approximate surface area is 118 Å². The van der Waals surface area contributed by atoms with Crippen LogP contribution in [0.3, 0.4) is 0 Å². The lowest BCUT2D eigenvalue weighted by molar-refractivity contribution is -0.142. The number of carbonyl (C=O) groups excluding carboxylic acids is 1. The highest BCUT2D eigenvalue weighted by Crippen LogP contribution is 2.13. The van der Waals surface area contributed by atoms with Crippen LogP contribution in [-0.4, -0.2) is 45.5 Å². The van der Waals surface area contributed by atoms with Crippen LogP contribution in [0.15, 0.2) is 30.6 Å². The Hall–Kier alpha value is -1.88. The standard InChI is InChI=1S/C15H19N3O2/c1-11-8-18(9-12(2)20-11)15(19)7-13-10-17-6-4-3-5-14(17)16-13/h3-6,10-12H,7-9H2,1-2H3. The normalized spacial score (nSPS) is 23.2. The maximum Gasteiger partial charge on any atom is 0.228 e.